The van der Waals surface area contributed by atoms with Crippen LogP contribution in [0, 0.1) is 6.92 Å². The van der Waals surface area contributed by atoms with Gasteiger partial charge in [0.2, 0.25) is 5.91 Å². The fraction of sp³-hybridized carbons (Fsp3) is 0.435. The summed E-state index contributed by atoms with van der Waals surface area (Å²) in [6, 6.07) is 2.74. The lowest BCUT2D eigenvalue weighted by molar-refractivity contribution is -0.141. The quantitative estimate of drug-likeness (QED) is 0.529. The molecule has 3 aromatic rings. The van der Waals surface area contributed by atoms with Gasteiger partial charge in [-0.15, -0.1) is 0 Å². The number of aliphatic carboxylic acids is 1. The Labute approximate surface area is 184 Å². The average molecular weight is 446 g/mol. The first-order valence-corrected chi connectivity index (χ1v) is 11.4. The van der Waals surface area contributed by atoms with Gasteiger partial charge in [-0.1, -0.05) is 20.8 Å². The summed E-state index contributed by atoms with van der Waals surface area (Å²) in [7, 11) is 0. The molecule has 3 rings (SSSR count). The molecule has 0 bridgehead atoms. The molecule has 0 saturated heterocycles. The molecule has 0 spiro atoms. The molecule has 7 nitrogen and oxygen atoms in total. The van der Waals surface area contributed by atoms with Crippen molar-refractivity contribution in [3.8, 4) is 0 Å². The first kappa shape index (κ1) is 22.9. The van der Waals surface area contributed by atoms with E-state index in [0.29, 0.717) is 16.7 Å². The minimum absolute atomic E-state index is 0.00351. The Hall–Kier alpha value is -2.74. The summed E-state index contributed by atoms with van der Waals surface area (Å²) >= 11 is 1.34. The maximum Gasteiger partial charge on any atom is 0.339 e. The molecule has 0 saturated carbocycles. The summed E-state index contributed by atoms with van der Waals surface area (Å²) in [5.41, 5.74) is 2.70. The van der Waals surface area contributed by atoms with Gasteiger partial charge < -0.3 is 19.3 Å². The van der Waals surface area contributed by atoms with Gasteiger partial charge in [0.15, 0.2) is 0 Å². The minimum atomic E-state index is -1.08. The average Bonchev–Trinajstić information content (AvgIpc) is 3.09. The predicted octanol–water partition coefficient (Wildman–Crippen LogP) is 4.01. The van der Waals surface area contributed by atoms with Crippen molar-refractivity contribution < 1.29 is 23.5 Å². The van der Waals surface area contributed by atoms with E-state index in [9.17, 15) is 19.5 Å². The first-order valence-electron chi connectivity index (χ1n) is 10.0. The Morgan fingerprint density at radius 2 is 1.90 bits per heavy atom. The molecule has 2 aromatic heterocycles. The van der Waals surface area contributed by atoms with Crippen LogP contribution in [0.25, 0.3) is 21.9 Å². The van der Waals surface area contributed by atoms with Crippen LogP contribution in [0.1, 0.15) is 43.9 Å². The van der Waals surface area contributed by atoms with Crippen LogP contribution in [-0.4, -0.2) is 35.0 Å². The van der Waals surface area contributed by atoms with Crippen LogP contribution in [-0.2, 0) is 21.4 Å². The van der Waals surface area contributed by atoms with Gasteiger partial charge in [0.05, 0.1) is 6.26 Å². The van der Waals surface area contributed by atoms with Crippen LogP contribution >= 0.6 is 11.8 Å². The van der Waals surface area contributed by atoms with E-state index < -0.39 is 23.5 Å². The number of carbonyl (C=O) groups excluding carboxylic acids is 1. The monoisotopic (exact) mass is 445 g/mol. The maximum absolute atomic E-state index is 12.6. The lowest BCUT2D eigenvalue weighted by Gasteiger charge is -2.16. The molecule has 1 atom stereocenters. The Morgan fingerprint density at radius 1 is 1.19 bits per heavy atom. The van der Waals surface area contributed by atoms with Gasteiger partial charge in [-0.3, -0.25) is 4.79 Å². The van der Waals surface area contributed by atoms with Gasteiger partial charge >= 0.3 is 11.6 Å². The fourth-order valence-corrected chi connectivity index (χ4v) is 4.19. The number of carboxylic acids is 1. The van der Waals surface area contributed by atoms with E-state index in [1.165, 1.54) is 11.8 Å². The molecule has 1 aromatic carbocycles. The molecule has 0 aliphatic rings. The standard InChI is InChI=1S/C23H27NO6S/c1-12-13(6-7-20(25)24-17(11-31-5)21(26)27)22(28)30-19-9-18-15(8-14(12)19)16(10-29-18)23(2,3)4/h8-10,17H,6-7,11H2,1-5H3,(H,24,25)(H,26,27). The van der Waals surface area contributed by atoms with Crippen molar-refractivity contribution in [1.29, 1.82) is 0 Å². The van der Waals surface area contributed by atoms with Crippen LogP contribution < -0.4 is 10.9 Å². The van der Waals surface area contributed by atoms with E-state index in [1.807, 2.05) is 13.0 Å². The number of benzene rings is 1. The van der Waals surface area contributed by atoms with Crippen LogP contribution in [0.2, 0.25) is 0 Å². The molecule has 2 N–H and O–H groups in total. The highest BCUT2D eigenvalue weighted by molar-refractivity contribution is 7.98. The zero-order valence-corrected chi connectivity index (χ0v) is 19.1. The number of hydrogen-bond acceptors (Lipinski definition) is 6. The Bertz CT molecular complexity index is 1200. The lowest BCUT2D eigenvalue weighted by Crippen LogP contribution is -2.42. The molecule has 1 unspecified atom stereocenters. The normalized spacial score (nSPS) is 12.9. The number of furan rings is 1. The number of fused-ring (bicyclic) bond motifs is 2. The number of thioether (sulfide) groups is 1. The molecule has 31 heavy (non-hydrogen) atoms. The molecule has 0 fully saturated rings. The van der Waals surface area contributed by atoms with E-state index in [2.05, 4.69) is 26.1 Å². The van der Waals surface area contributed by atoms with E-state index in [4.69, 9.17) is 8.83 Å². The topological polar surface area (TPSA) is 110 Å². The second-order valence-electron chi connectivity index (χ2n) is 8.65. The Balaban J connectivity index is 1.92. The SMILES string of the molecule is CSCC(NC(=O)CCc1c(C)c2cc3c(C(C)(C)C)coc3cc2oc1=O)C(=O)O. The smallest absolute Gasteiger partial charge is 0.339 e. The molecular weight excluding hydrogens is 418 g/mol. The van der Waals surface area contributed by atoms with Gasteiger partial charge in [0.1, 0.15) is 17.2 Å². The Morgan fingerprint density at radius 3 is 2.52 bits per heavy atom. The zero-order chi connectivity index (χ0) is 22.9. The van der Waals surface area contributed by atoms with Crippen molar-refractivity contribution in [3.63, 3.8) is 0 Å². The fourth-order valence-electron chi connectivity index (χ4n) is 3.63. The third-order valence-electron chi connectivity index (χ3n) is 5.36. The summed E-state index contributed by atoms with van der Waals surface area (Å²) < 4.78 is 11.2. The van der Waals surface area contributed by atoms with Crippen molar-refractivity contribution in [2.75, 3.05) is 12.0 Å². The largest absolute Gasteiger partial charge is 0.480 e. The lowest BCUT2D eigenvalue weighted by atomic mass is 9.86. The van der Waals surface area contributed by atoms with E-state index >= 15 is 0 Å². The van der Waals surface area contributed by atoms with Crippen LogP contribution in [0.15, 0.2) is 32.0 Å². The molecule has 0 radical (unpaired) electrons. The molecule has 166 valence electrons. The molecular formula is C23H27NO6S. The second kappa shape index (κ2) is 8.78. The molecule has 0 aliphatic carbocycles. The van der Waals surface area contributed by atoms with Crippen molar-refractivity contribution in [2.45, 2.75) is 52.0 Å². The maximum atomic E-state index is 12.6. The molecule has 1 amide bonds. The van der Waals surface area contributed by atoms with Gasteiger partial charge in [0, 0.05) is 40.1 Å². The highest BCUT2D eigenvalue weighted by Crippen LogP contribution is 2.35. The summed E-state index contributed by atoms with van der Waals surface area (Å²) in [5.74, 6) is -1.22. The van der Waals surface area contributed by atoms with E-state index in [0.717, 1.165) is 21.9 Å². The van der Waals surface area contributed by atoms with Crippen molar-refractivity contribution in [2.24, 2.45) is 0 Å². The van der Waals surface area contributed by atoms with Gasteiger partial charge in [-0.2, -0.15) is 11.8 Å². The first-order chi connectivity index (χ1) is 14.5. The van der Waals surface area contributed by atoms with E-state index in [-0.39, 0.29) is 24.0 Å². The number of hydrogen-bond donors (Lipinski definition) is 2. The zero-order valence-electron chi connectivity index (χ0n) is 18.3. The Kier molecular flexibility index (Phi) is 6.50. The van der Waals surface area contributed by atoms with Gasteiger partial charge in [-0.25, -0.2) is 9.59 Å². The number of carboxylic acid groups (broad SMARTS) is 1. The molecule has 8 heteroatoms. The molecule has 2 heterocycles. The summed E-state index contributed by atoms with van der Waals surface area (Å²) in [4.78, 5) is 36.1. The summed E-state index contributed by atoms with van der Waals surface area (Å²) in [5, 5.41) is 13.4. The van der Waals surface area contributed by atoms with Crippen molar-refractivity contribution in [1.82, 2.24) is 5.32 Å². The minimum Gasteiger partial charge on any atom is -0.480 e. The third-order valence-corrected chi connectivity index (χ3v) is 6.02. The summed E-state index contributed by atoms with van der Waals surface area (Å²) in [6.07, 6.45) is 3.66. The second-order valence-corrected chi connectivity index (χ2v) is 9.56. The van der Waals surface area contributed by atoms with Crippen LogP contribution in [0.5, 0.6) is 0 Å². The number of carbonyl (C=O) groups is 2. The number of amides is 1. The highest BCUT2D eigenvalue weighted by atomic mass is 32.2. The number of aryl methyl sites for hydroxylation is 1. The van der Waals surface area contributed by atoms with Gasteiger partial charge in [0.25, 0.3) is 0 Å². The number of nitrogens with one attached hydrogen (secondary N) is 1. The van der Waals surface area contributed by atoms with Crippen LogP contribution in [0.4, 0.5) is 0 Å². The number of rotatable bonds is 7. The van der Waals surface area contributed by atoms with Crippen molar-refractivity contribution in [3.05, 3.63) is 45.5 Å². The summed E-state index contributed by atoms with van der Waals surface area (Å²) in [6.45, 7) is 8.14. The third kappa shape index (κ3) is 4.79. The van der Waals surface area contributed by atoms with Gasteiger partial charge in [-0.05, 0) is 36.6 Å². The van der Waals surface area contributed by atoms with E-state index in [1.54, 1.807) is 18.6 Å². The highest BCUT2D eigenvalue weighted by Gasteiger charge is 2.23. The van der Waals surface area contributed by atoms with Crippen LogP contribution in [0.3, 0.4) is 0 Å². The molecule has 0 aliphatic heterocycles. The predicted molar refractivity (Wildman–Crippen MR) is 122 cm³/mol. The van der Waals surface area contributed by atoms with Crippen molar-refractivity contribution >= 4 is 45.6 Å².